The largest absolute Gasteiger partial charge is 0.387 e. The molecule has 2 rings (SSSR count). The molecule has 1 aromatic carbocycles. The molecule has 1 saturated heterocycles. The zero-order valence-electron chi connectivity index (χ0n) is 11.8. The minimum atomic E-state index is -0.768. The van der Waals surface area contributed by atoms with E-state index >= 15 is 0 Å². The van der Waals surface area contributed by atoms with Crippen molar-refractivity contribution >= 4 is 17.7 Å². The fourth-order valence-electron chi connectivity index (χ4n) is 2.22. The maximum atomic E-state index is 11.8. The third-order valence-electron chi connectivity index (χ3n) is 3.59. The van der Waals surface area contributed by atoms with Gasteiger partial charge < -0.3 is 15.7 Å². The van der Waals surface area contributed by atoms with Gasteiger partial charge in [-0.3, -0.25) is 4.79 Å². The normalized spacial score (nSPS) is 21.9. The Morgan fingerprint density at radius 1 is 1.50 bits per heavy atom. The lowest BCUT2D eigenvalue weighted by atomic mass is 10.0. The van der Waals surface area contributed by atoms with Crippen molar-refractivity contribution in [3.63, 3.8) is 0 Å². The van der Waals surface area contributed by atoms with Crippen molar-refractivity contribution in [2.45, 2.75) is 24.7 Å². The number of nitrogens with one attached hydrogen (secondary N) is 2. The first-order valence-corrected chi connectivity index (χ1v) is 8.07. The van der Waals surface area contributed by atoms with E-state index in [1.54, 1.807) is 11.8 Å². The smallest absolute Gasteiger partial charge is 0.230 e. The van der Waals surface area contributed by atoms with E-state index in [4.69, 9.17) is 0 Å². The zero-order chi connectivity index (χ0) is 14.4. The van der Waals surface area contributed by atoms with Crippen molar-refractivity contribution in [3.8, 4) is 0 Å². The average molecular weight is 294 g/mol. The summed E-state index contributed by atoms with van der Waals surface area (Å²) in [5.74, 6) is 1.26. The van der Waals surface area contributed by atoms with Crippen molar-refractivity contribution in [1.29, 1.82) is 0 Å². The van der Waals surface area contributed by atoms with E-state index in [1.807, 2.05) is 12.1 Å². The summed E-state index contributed by atoms with van der Waals surface area (Å²) in [4.78, 5) is 11.8. The molecule has 1 aromatic rings. The van der Waals surface area contributed by atoms with Crippen molar-refractivity contribution in [2.75, 3.05) is 25.4 Å². The summed E-state index contributed by atoms with van der Waals surface area (Å²) in [6.07, 6.45) is 0.698. The first-order chi connectivity index (χ1) is 9.59. The van der Waals surface area contributed by atoms with E-state index in [1.165, 1.54) is 11.1 Å². The van der Waals surface area contributed by atoms with Gasteiger partial charge in [0.05, 0.1) is 11.4 Å². The number of carbonyl (C=O) groups is 1. The van der Waals surface area contributed by atoms with Gasteiger partial charge in [-0.1, -0.05) is 24.3 Å². The molecule has 0 aliphatic carbocycles. The SMILES string of the molecule is Cc1ccccc1CSCC(=O)NCC1(O)CCNC1. The molecule has 1 heterocycles. The zero-order valence-corrected chi connectivity index (χ0v) is 12.6. The highest BCUT2D eigenvalue weighted by atomic mass is 32.2. The highest BCUT2D eigenvalue weighted by Crippen LogP contribution is 2.16. The van der Waals surface area contributed by atoms with Crippen LogP contribution in [0.3, 0.4) is 0 Å². The lowest BCUT2D eigenvalue weighted by molar-refractivity contribution is -0.119. The Morgan fingerprint density at radius 3 is 3.00 bits per heavy atom. The van der Waals surface area contributed by atoms with Gasteiger partial charge >= 0.3 is 0 Å². The van der Waals surface area contributed by atoms with Gasteiger partial charge in [-0.2, -0.15) is 0 Å². The highest BCUT2D eigenvalue weighted by Gasteiger charge is 2.31. The van der Waals surface area contributed by atoms with E-state index in [9.17, 15) is 9.90 Å². The maximum Gasteiger partial charge on any atom is 0.230 e. The molecular weight excluding hydrogens is 272 g/mol. The van der Waals surface area contributed by atoms with Crippen LogP contribution in [0.2, 0.25) is 0 Å². The van der Waals surface area contributed by atoms with Gasteiger partial charge in [-0.25, -0.2) is 0 Å². The summed E-state index contributed by atoms with van der Waals surface area (Å²) in [6.45, 7) is 3.79. The number of rotatable bonds is 6. The number of benzene rings is 1. The summed E-state index contributed by atoms with van der Waals surface area (Å²) in [5, 5.41) is 16.0. The topological polar surface area (TPSA) is 61.4 Å². The minimum Gasteiger partial charge on any atom is -0.387 e. The quantitative estimate of drug-likeness (QED) is 0.734. The third-order valence-corrected chi connectivity index (χ3v) is 4.57. The predicted octanol–water partition coefficient (Wildman–Crippen LogP) is 1.07. The van der Waals surface area contributed by atoms with Crippen molar-refractivity contribution in [2.24, 2.45) is 0 Å². The molecule has 0 radical (unpaired) electrons. The summed E-state index contributed by atoms with van der Waals surface area (Å²) in [6, 6.07) is 8.21. The lowest BCUT2D eigenvalue weighted by Gasteiger charge is -2.21. The molecule has 0 spiro atoms. The maximum absolute atomic E-state index is 11.8. The molecule has 1 fully saturated rings. The Balaban J connectivity index is 1.67. The monoisotopic (exact) mass is 294 g/mol. The molecule has 0 aromatic heterocycles. The molecular formula is C15H22N2O2S. The number of aliphatic hydroxyl groups is 1. The number of aryl methyl sites for hydroxylation is 1. The van der Waals surface area contributed by atoms with Gasteiger partial charge in [-0.15, -0.1) is 11.8 Å². The van der Waals surface area contributed by atoms with Crippen molar-refractivity contribution in [3.05, 3.63) is 35.4 Å². The summed E-state index contributed by atoms with van der Waals surface area (Å²) in [5.41, 5.74) is 1.76. The van der Waals surface area contributed by atoms with Gasteiger partial charge in [0.25, 0.3) is 0 Å². The van der Waals surface area contributed by atoms with Crippen LogP contribution >= 0.6 is 11.8 Å². The van der Waals surface area contributed by atoms with E-state index in [2.05, 4.69) is 29.7 Å². The molecule has 1 atom stereocenters. The van der Waals surface area contributed by atoms with Crippen LogP contribution in [0.5, 0.6) is 0 Å². The molecule has 20 heavy (non-hydrogen) atoms. The van der Waals surface area contributed by atoms with Crippen LogP contribution in [0.1, 0.15) is 17.5 Å². The average Bonchev–Trinajstić information content (AvgIpc) is 2.86. The van der Waals surface area contributed by atoms with Crippen LogP contribution in [0.15, 0.2) is 24.3 Å². The van der Waals surface area contributed by atoms with Crippen molar-refractivity contribution in [1.82, 2.24) is 10.6 Å². The second kappa shape index (κ2) is 7.11. The molecule has 0 bridgehead atoms. The van der Waals surface area contributed by atoms with E-state index in [0.717, 1.165) is 12.3 Å². The van der Waals surface area contributed by atoms with Gasteiger partial charge in [0.15, 0.2) is 0 Å². The Morgan fingerprint density at radius 2 is 2.30 bits per heavy atom. The third kappa shape index (κ3) is 4.51. The number of amides is 1. The van der Waals surface area contributed by atoms with Gasteiger partial charge in [-0.05, 0) is 31.0 Å². The summed E-state index contributed by atoms with van der Waals surface area (Å²) in [7, 11) is 0. The Bertz CT molecular complexity index is 459. The molecule has 110 valence electrons. The molecule has 4 nitrogen and oxygen atoms in total. The molecule has 1 amide bonds. The van der Waals surface area contributed by atoms with Gasteiger partial charge in [0.1, 0.15) is 0 Å². The molecule has 1 aliphatic rings. The molecule has 0 saturated carbocycles. The standard InChI is InChI=1S/C15H22N2O2S/c1-12-4-2-3-5-13(12)8-20-9-14(18)17-11-15(19)6-7-16-10-15/h2-5,16,19H,6-11H2,1H3,(H,17,18). The van der Waals surface area contributed by atoms with Crippen LogP contribution < -0.4 is 10.6 Å². The number of thioether (sulfide) groups is 1. The Labute approximate surface area is 124 Å². The second-order valence-electron chi connectivity index (χ2n) is 5.35. The summed E-state index contributed by atoms with van der Waals surface area (Å²) < 4.78 is 0. The van der Waals surface area contributed by atoms with Crippen LogP contribution in [-0.4, -0.2) is 42.0 Å². The van der Waals surface area contributed by atoms with Crippen LogP contribution in [0.25, 0.3) is 0 Å². The first kappa shape index (κ1) is 15.4. The van der Waals surface area contributed by atoms with Crippen LogP contribution in [0, 0.1) is 6.92 Å². The fraction of sp³-hybridized carbons (Fsp3) is 0.533. The summed E-state index contributed by atoms with van der Waals surface area (Å²) >= 11 is 1.60. The lowest BCUT2D eigenvalue weighted by Crippen LogP contribution is -2.44. The number of hydrogen-bond donors (Lipinski definition) is 3. The molecule has 5 heteroatoms. The predicted molar refractivity (Wildman–Crippen MR) is 82.8 cm³/mol. The number of β-amino-alcohol motifs (C(OH)–C–C–N with tert-alkyl or cyclic N) is 1. The Hall–Kier alpha value is -1.04. The van der Waals surface area contributed by atoms with Crippen LogP contribution in [-0.2, 0) is 10.5 Å². The van der Waals surface area contributed by atoms with Crippen LogP contribution in [0.4, 0.5) is 0 Å². The molecule has 1 aliphatic heterocycles. The highest BCUT2D eigenvalue weighted by molar-refractivity contribution is 7.99. The van der Waals surface area contributed by atoms with Crippen molar-refractivity contribution < 1.29 is 9.90 Å². The Kier molecular flexibility index (Phi) is 5.46. The van der Waals surface area contributed by atoms with E-state index in [0.29, 0.717) is 25.3 Å². The van der Waals surface area contributed by atoms with Gasteiger partial charge in [0, 0.05) is 18.8 Å². The fourth-order valence-corrected chi connectivity index (χ4v) is 3.15. The van der Waals surface area contributed by atoms with E-state index < -0.39 is 5.60 Å². The number of carbonyl (C=O) groups excluding carboxylic acids is 1. The molecule has 1 unspecified atom stereocenters. The second-order valence-corrected chi connectivity index (χ2v) is 6.33. The first-order valence-electron chi connectivity index (χ1n) is 6.91. The minimum absolute atomic E-state index is 0.0103. The molecule has 3 N–H and O–H groups in total. The number of hydrogen-bond acceptors (Lipinski definition) is 4. The van der Waals surface area contributed by atoms with E-state index in [-0.39, 0.29) is 5.91 Å². The van der Waals surface area contributed by atoms with Gasteiger partial charge in [0.2, 0.25) is 5.91 Å².